The molecule has 0 spiro atoms. The molecule has 26 heavy (non-hydrogen) atoms. The van der Waals surface area contributed by atoms with E-state index in [-0.39, 0.29) is 11.8 Å². The molecule has 4 heterocycles. The van der Waals surface area contributed by atoms with Gasteiger partial charge < -0.3 is 14.2 Å². The topological polar surface area (TPSA) is 84.5 Å². The van der Waals surface area contributed by atoms with Gasteiger partial charge in [-0.1, -0.05) is 0 Å². The van der Waals surface area contributed by atoms with Gasteiger partial charge in [-0.25, -0.2) is 4.98 Å². The Morgan fingerprint density at radius 2 is 1.88 bits per heavy atom. The minimum absolute atomic E-state index is 0.110. The minimum atomic E-state index is -0.144. The number of thiazole rings is 1. The van der Waals surface area contributed by atoms with Crippen LogP contribution in [-0.2, 0) is 7.05 Å². The lowest BCUT2D eigenvalue weighted by Gasteiger charge is -2.34. The van der Waals surface area contributed by atoms with Crippen molar-refractivity contribution in [2.75, 3.05) is 26.2 Å². The van der Waals surface area contributed by atoms with E-state index in [4.69, 9.17) is 4.42 Å². The zero-order chi connectivity index (χ0) is 18.1. The van der Waals surface area contributed by atoms with E-state index in [1.54, 1.807) is 38.2 Å². The number of carbonyl (C=O) groups is 2. The fourth-order valence-electron chi connectivity index (χ4n) is 2.87. The summed E-state index contributed by atoms with van der Waals surface area (Å²) in [5, 5.41) is 6.67. The number of aryl methyl sites for hydroxylation is 1. The first-order chi connectivity index (χ1) is 12.6. The van der Waals surface area contributed by atoms with Crippen molar-refractivity contribution in [2.45, 2.75) is 0 Å². The highest BCUT2D eigenvalue weighted by Gasteiger charge is 2.27. The number of nitrogens with zero attached hydrogens (tertiary/aromatic N) is 5. The van der Waals surface area contributed by atoms with Gasteiger partial charge in [0.15, 0.2) is 5.76 Å². The van der Waals surface area contributed by atoms with E-state index < -0.39 is 0 Å². The molecule has 3 aromatic rings. The Kier molecular flexibility index (Phi) is 4.29. The van der Waals surface area contributed by atoms with Crippen LogP contribution in [0.1, 0.15) is 21.0 Å². The maximum atomic E-state index is 12.7. The summed E-state index contributed by atoms with van der Waals surface area (Å²) in [6, 6.07) is 3.34. The molecule has 0 atom stereocenters. The third-order valence-corrected chi connectivity index (χ3v) is 5.15. The maximum absolute atomic E-state index is 12.7. The molecule has 0 saturated carbocycles. The Labute approximate surface area is 153 Å². The Morgan fingerprint density at radius 1 is 1.15 bits per heavy atom. The third kappa shape index (κ3) is 3.13. The fraction of sp³-hybridized carbons (Fsp3) is 0.294. The Hall–Kier alpha value is -2.94. The van der Waals surface area contributed by atoms with Crippen LogP contribution in [0.25, 0.3) is 10.6 Å². The minimum Gasteiger partial charge on any atom is -0.459 e. The summed E-state index contributed by atoms with van der Waals surface area (Å²) < 4.78 is 6.85. The van der Waals surface area contributed by atoms with Gasteiger partial charge in [0.25, 0.3) is 11.8 Å². The van der Waals surface area contributed by atoms with Crippen LogP contribution in [0.2, 0.25) is 0 Å². The fourth-order valence-corrected chi connectivity index (χ4v) is 3.64. The average molecular weight is 371 g/mol. The van der Waals surface area contributed by atoms with Crippen molar-refractivity contribution in [1.82, 2.24) is 24.6 Å². The molecule has 1 aliphatic heterocycles. The summed E-state index contributed by atoms with van der Waals surface area (Å²) in [6.45, 7) is 1.91. The highest BCUT2D eigenvalue weighted by Crippen LogP contribution is 2.24. The Morgan fingerprint density at radius 3 is 2.50 bits per heavy atom. The first kappa shape index (κ1) is 16.5. The molecule has 0 aliphatic carbocycles. The summed E-state index contributed by atoms with van der Waals surface area (Å²) in [4.78, 5) is 32.8. The normalized spacial score (nSPS) is 14.7. The molecular weight excluding hydrogens is 354 g/mol. The van der Waals surface area contributed by atoms with Crippen LogP contribution in [0.4, 0.5) is 0 Å². The third-order valence-electron chi connectivity index (χ3n) is 4.26. The molecule has 3 aromatic heterocycles. The van der Waals surface area contributed by atoms with Gasteiger partial charge in [-0.3, -0.25) is 14.3 Å². The average Bonchev–Trinajstić information content (AvgIpc) is 3.41. The SMILES string of the molecule is Cn1cc(-c2nc(C(=O)N3CCN(C(=O)c4ccco4)CC3)cs2)cn1. The Balaban J connectivity index is 1.39. The second-order valence-corrected chi connectivity index (χ2v) is 6.86. The van der Waals surface area contributed by atoms with Crippen molar-refractivity contribution in [3.8, 4) is 10.6 Å². The van der Waals surface area contributed by atoms with Crippen molar-refractivity contribution in [3.05, 3.63) is 47.6 Å². The zero-order valence-electron chi connectivity index (χ0n) is 14.2. The Bertz CT molecular complexity index is 922. The van der Waals surface area contributed by atoms with Crippen LogP contribution in [-0.4, -0.2) is 62.6 Å². The maximum Gasteiger partial charge on any atom is 0.289 e. The predicted octanol–water partition coefficient (Wildman–Crippen LogP) is 1.73. The van der Waals surface area contributed by atoms with Crippen LogP contribution in [0.5, 0.6) is 0 Å². The molecule has 2 amide bonds. The van der Waals surface area contributed by atoms with Crippen LogP contribution >= 0.6 is 11.3 Å². The van der Waals surface area contributed by atoms with Crippen LogP contribution < -0.4 is 0 Å². The number of rotatable bonds is 3. The number of aromatic nitrogens is 3. The summed E-state index contributed by atoms with van der Waals surface area (Å²) in [7, 11) is 1.84. The highest BCUT2D eigenvalue weighted by atomic mass is 32.1. The molecule has 4 rings (SSSR count). The molecule has 0 aromatic carbocycles. The van der Waals surface area contributed by atoms with Crippen molar-refractivity contribution < 1.29 is 14.0 Å². The van der Waals surface area contributed by atoms with Crippen molar-refractivity contribution >= 4 is 23.2 Å². The van der Waals surface area contributed by atoms with Gasteiger partial charge >= 0.3 is 0 Å². The van der Waals surface area contributed by atoms with Gasteiger partial charge in [0.05, 0.1) is 12.5 Å². The van der Waals surface area contributed by atoms with Gasteiger partial charge in [-0.05, 0) is 12.1 Å². The second-order valence-electron chi connectivity index (χ2n) is 6.00. The lowest BCUT2D eigenvalue weighted by atomic mass is 10.2. The first-order valence-corrected chi connectivity index (χ1v) is 9.06. The largest absolute Gasteiger partial charge is 0.459 e. The molecule has 0 bridgehead atoms. The van der Waals surface area contributed by atoms with E-state index in [1.165, 1.54) is 17.6 Å². The first-order valence-electron chi connectivity index (χ1n) is 8.18. The van der Waals surface area contributed by atoms with Gasteiger partial charge in [-0.2, -0.15) is 5.10 Å². The monoisotopic (exact) mass is 371 g/mol. The predicted molar refractivity (Wildman–Crippen MR) is 94.8 cm³/mol. The molecule has 0 N–H and O–H groups in total. The number of hydrogen-bond acceptors (Lipinski definition) is 6. The van der Waals surface area contributed by atoms with Gasteiger partial charge in [0.2, 0.25) is 0 Å². The van der Waals surface area contributed by atoms with E-state index in [2.05, 4.69) is 10.1 Å². The van der Waals surface area contributed by atoms with Crippen molar-refractivity contribution in [3.63, 3.8) is 0 Å². The lowest BCUT2D eigenvalue weighted by Crippen LogP contribution is -2.50. The number of hydrogen-bond donors (Lipinski definition) is 0. The summed E-state index contributed by atoms with van der Waals surface area (Å²) >= 11 is 1.42. The number of furan rings is 1. The lowest BCUT2D eigenvalue weighted by molar-refractivity contribution is 0.0515. The smallest absolute Gasteiger partial charge is 0.289 e. The van der Waals surface area contributed by atoms with Crippen molar-refractivity contribution in [1.29, 1.82) is 0 Å². The van der Waals surface area contributed by atoms with Gasteiger partial charge in [0, 0.05) is 50.4 Å². The van der Waals surface area contributed by atoms with E-state index >= 15 is 0 Å². The summed E-state index contributed by atoms with van der Waals surface area (Å²) in [5.41, 5.74) is 1.32. The second kappa shape index (κ2) is 6.75. The summed E-state index contributed by atoms with van der Waals surface area (Å²) in [6.07, 6.45) is 5.08. The number of carbonyl (C=O) groups excluding carboxylic acids is 2. The molecular formula is C17H17N5O3S. The van der Waals surface area contributed by atoms with Gasteiger partial charge in [0.1, 0.15) is 10.7 Å². The van der Waals surface area contributed by atoms with E-state index in [0.29, 0.717) is 37.6 Å². The van der Waals surface area contributed by atoms with E-state index in [9.17, 15) is 9.59 Å². The summed E-state index contributed by atoms with van der Waals surface area (Å²) in [5.74, 6) is 0.0708. The van der Waals surface area contributed by atoms with Crippen LogP contribution in [0.3, 0.4) is 0 Å². The molecule has 0 radical (unpaired) electrons. The van der Waals surface area contributed by atoms with Gasteiger partial charge in [-0.15, -0.1) is 11.3 Å². The molecule has 1 aliphatic rings. The molecule has 0 unspecified atom stereocenters. The standard InChI is InChI=1S/C17H17N5O3S/c1-20-10-12(9-18-20)15-19-13(11-26-15)16(23)21-4-6-22(7-5-21)17(24)14-3-2-8-25-14/h2-3,8-11H,4-7H2,1H3. The van der Waals surface area contributed by atoms with Crippen molar-refractivity contribution in [2.24, 2.45) is 7.05 Å². The molecule has 134 valence electrons. The molecule has 1 saturated heterocycles. The highest BCUT2D eigenvalue weighted by molar-refractivity contribution is 7.13. The quantitative estimate of drug-likeness (QED) is 0.700. The zero-order valence-corrected chi connectivity index (χ0v) is 15.0. The van der Waals surface area contributed by atoms with Crippen LogP contribution in [0.15, 0.2) is 40.6 Å². The van der Waals surface area contributed by atoms with E-state index in [1.807, 2.05) is 13.2 Å². The number of amides is 2. The molecule has 8 nitrogen and oxygen atoms in total. The molecule has 1 fully saturated rings. The number of piperazine rings is 1. The molecule has 9 heteroatoms. The van der Waals surface area contributed by atoms with E-state index in [0.717, 1.165) is 10.6 Å². The van der Waals surface area contributed by atoms with Crippen LogP contribution in [0, 0.1) is 0 Å².